The van der Waals surface area contributed by atoms with Crippen molar-refractivity contribution in [3.05, 3.63) is 18.2 Å². The normalized spacial score (nSPS) is 11.2. The minimum absolute atomic E-state index is 0.547. The predicted molar refractivity (Wildman–Crippen MR) is 70.2 cm³/mol. The number of aromatic nitrogens is 1. The van der Waals surface area contributed by atoms with Gasteiger partial charge in [-0.1, -0.05) is 23.4 Å². The summed E-state index contributed by atoms with van der Waals surface area (Å²) in [5, 5.41) is 4.25. The van der Waals surface area contributed by atoms with Gasteiger partial charge < -0.3 is 9.57 Å². The number of hydrogen-bond acceptors (Lipinski definition) is 5. The number of nitrogens with zero attached hydrogens (tertiary/aromatic N) is 2. The van der Waals surface area contributed by atoms with Crippen LogP contribution in [0.15, 0.2) is 23.4 Å². The van der Waals surface area contributed by atoms with E-state index in [-0.39, 0.29) is 0 Å². The monoisotopic (exact) mass is 250 g/mol. The summed E-state index contributed by atoms with van der Waals surface area (Å²) in [6, 6.07) is 5.85. The first-order valence-corrected chi connectivity index (χ1v) is 6.33. The van der Waals surface area contributed by atoms with Crippen LogP contribution < -0.4 is 9.57 Å². The standard InChI is InChI=1S/C12H14N2O2S/c1-3-7-15-9-5-6-11-10(8-9)14-12(17-11)16-13-4-2/h4-6,8H,3,7H2,1-2H3/b13-4+. The third-order valence-electron chi connectivity index (χ3n) is 2.05. The zero-order valence-corrected chi connectivity index (χ0v) is 10.7. The molecule has 1 aromatic carbocycles. The molecule has 0 aliphatic carbocycles. The van der Waals surface area contributed by atoms with Gasteiger partial charge in [0, 0.05) is 12.3 Å². The van der Waals surface area contributed by atoms with Crippen molar-refractivity contribution in [1.29, 1.82) is 0 Å². The zero-order chi connectivity index (χ0) is 12.1. The maximum atomic E-state index is 5.55. The fourth-order valence-electron chi connectivity index (χ4n) is 1.33. The molecule has 0 atom stereocenters. The van der Waals surface area contributed by atoms with Crippen LogP contribution in [0, 0.1) is 0 Å². The van der Waals surface area contributed by atoms with Crippen molar-refractivity contribution < 1.29 is 9.57 Å². The van der Waals surface area contributed by atoms with E-state index in [4.69, 9.17) is 9.57 Å². The molecule has 0 aliphatic rings. The molecule has 0 aliphatic heterocycles. The number of hydrogen-bond donors (Lipinski definition) is 0. The molecule has 0 saturated heterocycles. The number of ether oxygens (including phenoxy) is 1. The molecular weight excluding hydrogens is 236 g/mol. The van der Waals surface area contributed by atoms with Gasteiger partial charge in [0.25, 0.3) is 0 Å². The van der Waals surface area contributed by atoms with Crippen molar-refractivity contribution >= 4 is 27.8 Å². The average Bonchev–Trinajstić information content (AvgIpc) is 2.75. The zero-order valence-electron chi connectivity index (χ0n) is 9.84. The van der Waals surface area contributed by atoms with Crippen LogP contribution in [0.3, 0.4) is 0 Å². The largest absolute Gasteiger partial charge is 0.494 e. The van der Waals surface area contributed by atoms with Crippen molar-refractivity contribution in [3.8, 4) is 10.9 Å². The van der Waals surface area contributed by atoms with Crippen molar-refractivity contribution in [2.24, 2.45) is 5.16 Å². The highest BCUT2D eigenvalue weighted by Crippen LogP contribution is 2.30. The first-order valence-electron chi connectivity index (χ1n) is 5.52. The summed E-state index contributed by atoms with van der Waals surface area (Å²) < 4.78 is 6.61. The molecule has 0 radical (unpaired) electrons. The Morgan fingerprint density at radius 3 is 3.12 bits per heavy atom. The van der Waals surface area contributed by atoms with Crippen LogP contribution in [0.1, 0.15) is 20.3 Å². The minimum Gasteiger partial charge on any atom is -0.494 e. The summed E-state index contributed by atoms with van der Waals surface area (Å²) in [4.78, 5) is 9.42. The highest BCUT2D eigenvalue weighted by molar-refractivity contribution is 7.20. The van der Waals surface area contributed by atoms with Crippen molar-refractivity contribution in [1.82, 2.24) is 4.98 Å². The van der Waals surface area contributed by atoms with Gasteiger partial charge in [-0.25, -0.2) is 4.98 Å². The van der Waals surface area contributed by atoms with Crippen molar-refractivity contribution in [3.63, 3.8) is 0 Å². The Morgan fingerprint density at radius 1 is 1.47 bits per heavy atom. The van der Waals surface area contributed by atoms with Crippen molar-refractivity contribution in [2.75, 3.05) is 6.61 Å². The van der Waals surface area contributed by atoms with Crippen LogP contribution >= 0.6 is 11.3 Å². The molecular formula is C12H14N2O2S. The lowest BCUT2D eigenvalue weighted by Gasteiger charge is -2.02. The lowest BCUT2D eigenvalue weighted by molar-refractivity contribution is 0.318. The average molecular weight is 250 g/mol. The number of oxime groups is 1. The van der Waals surface area contributed by atoms with Gasteiger partial charge in [0.05, 0.1) is 16.8 Å². The van der Waals surface area contributed by atoms with Crippen LogP contribution in [0.5, 0.6) is 10.9 Å². The van der Waals surface area contributed by atoms with Crippen LogP contribution in [0.4, 0.5) is 0 Å². The molecule has 2 aromatic rings. The Bertz CT molecular complexity index is 522. The van der Waals surface area contributed by atoms with E-state index in [2.05, 4.69) is 17.1 Å². The number of fused-ring (bicyclic) bond motifs is 1. The maximum absolute atomic E-state index is 5.55. The van der Waals surface area contributed by atoms with Crippen LogP contribution in [-0.4, -0.2) is 17.8 Å². The molecule has 90 valence electrons. The van der Waals surface area contributed by atoms with E-state index in [0.717, 1.165) is 29.0 Å². The van der Waals surface area contributed by atoms with Gasteiger partial charge >= 0.3 is 5.19 Å². The van der Waals surface area contributed by atoms with Crippen molar-refractivity contribution in [2.45, 2.75) is 20.3 Å². The Morgan fingerprint density at radius 2 is 2.35 bits per heavy atom. The second-order valence-corrected chi connectivity index (χ2v) is 4.41. The summed E-state index contributed by atoms with van der Waals surface area (Å²) in [6.45, 7) is 4.60. The molecule has 1 aromatic heterocycles. The molecule has 0 bridgehead atoms. The molecule has 0 saturated carbocycles. The van der Waals surface area contributed by atoms with E-state index in [1.54, 1.807) is 13.1 Å². The van der Waals surface area contributed by atoms with E-state index < -0.39 is 0 Å². The highest BCUT2D eigenvalue weighted by atomic mass is 32.1. The Kier molecular flexibility index (Phi) is 3.93. The van der Waals surface area contributed by atoms with Gasteiger partial charge in [0.15, 0.2) is 0 Å². The fourth-order valence-corrected chi connectivity index (χ4v) is 2.09. The lowest BCUT2D eigenvalue weighted by Crippen LogP contribution is -1.94. The molecule has 2 rings (SSSR count). The smallest absolute Gasteiger partial charge is 0.306 e. The van der Waals surface area contributed by atoms with Gasteiger partial charge in [0.1, 0.15) is 5.75 Å². The lowest BCUT2D eigenvalue weighted by atomic mass is 10.3. The molecule has 5 heteroatoms. The molecule has 0 amide bonds. The van der Waals surface area contributed by atoms with E-state index in [9.17, 15) is 0 Å². The van der Waals surface area contributed by atoms with Crippen LogP contribution in [-0.2, 0) is 0 Å². The Labute approximate surface area is 104 Å². The van der Waals surface area contributed by atoms with E-state index in [1.165, 1.54) is 11.3 Å². The third kappa shape index (κ3) is 2.94. The first kappa shape index (κ1) is 11.9. The maximum Gasteiger partial charge on any atom is 0.306 e. The van der Waals surface area contributed by atoms with Gasteiger partial charge in [0.2, 0.25) is 0 Å². The Balaban J connectivity index is 2.21. The summed E-state index contributed by atoms with van der Waals surface area (Å²) in [6.07, 6.45) is 2.58. The molecule has 1 heterocycles. The van der Waals surface area contributed by atoms with Crippen LogP contribution in [0.25, 0.3) is 10.2 Å². The van der Waals surface area contributed by atoms with E-state index in [1.807, 2.05) is 18.2 Å². The fraction of sp³-hybridized carbons (Fsp3) is 0.333. The minimum atomic E-state index is 0.547. The highest BCUT2D eigenvalue weighted by Gasteiger charge is 2.06. The van der Waals surface area contributed by atoms with E-state index in [0.29, 0.717) is 5.19 Å². The molecule has 4 nitrogen and oxygen atoms in total. The number of benzene rings is 1. The van der Waals surface area contributed by atoms with Gasteiger partial charge in [-0.05, 0) is 25.5 Å². The SMILES string of the molecule is C/C=N/Oc1nc2cc(OCCC)ccc2s1. The predicted octanol–water partition coefficient (Wildman–Crippen LogP) is 3.47. The van der Waals surface area contributed by atoms with Gasteiger partial charge in [-0.3, -0.25) is 0 Å². The van der Waals surface area contributed by atoms with Gasteiger partial charge in [-0.2, -0.15) is 0 Å². The summed E-state index contributed by atoms with van der Waals surface area (Å²) >= 11 is 1.47. The summed E-state index contributed by atoms with van der Waals surface area (Å²) in [7, 11) is 0. The Hall–Kier alpha value is -1.62. The molecule has 0 spiro atoms. The first-order chi connectivity index (χ1) is 8.33. The second kappa shape index (κ2) is 5.63. The van der Waals surface area contributed by atoms with Gasteiger partial charge in [-0.15, -0.1) is 0 Å². The quantitative estimate of drug-likeness (QED) is 0.603. The topological polar surface area (TPSA) is 43.7 Å². The number of thiazole rings is 1. The second-order valence-electron chi connectivity index (χ2n) is 3.41. The van der Waals surface area contributed by atoms with E-state index >= 15 is 0 Å². The summed E-state index contributed by atoms with van der Waals surface area (Å²) in [5.41, 5.74) is 0.880. The number of rotatable bonds is 5. The molecule has 0 fully saturated rings. The molecule has 0 unspecified atom stereocenters. The molecule has 0 N–H and O–H groups in total. The van der Waals surface area contributed by atoms with Crippen LogP contribution in [0.2, 0.25) is 0 Å². The molecule has 17 heavy (non-hydrogen) atoms. The third-order valence-corrected chi connectivity index (χ3v) is 2.95. The summed E-state index contributed by atoms with van der Waals surface area (Å²) in [5.74, 6) is 0.843.